The number of nitrogen functional groups attached to an aromatic ring is 1. The van der Waals surface area contributed by atoms with Crippen molar-refractivity contribution in [3.05, 3.63) is 12.1 Å². The van der Waals surface area contributed by atoms with Crippen LogP contribution in [0.1, 0.15) is 25.7 Å². The molecule has 1 aromatic heterocycles. The zero-order chi connectivity index (χ0) is 13.2. The van der Waals surface area contributed by atoms with E-state index in [1.54, 1.807) is 0 Å². The lowest BCUT2D eigenvalue weighted by Crippen LogP contribution is -2.33. The molecule has 0 amide bonds. The highest BCUT2D eigenvalue weighted by Crippen LogP contribution is 2.31. The van der Waals surface area contributed by atoms with E-state index in [0.29, 0.717) is 23.4 Å². The van der Waals surface area contributed by atoms with Crippen LogP contribution in [-0.2, 0) is 0 Å². The summed E-state index contributed by atoms with van der Waals surface area (Å²) in [4.78, 5) is 4.40. The van der Waals surface area contributed by atoms with Crippen molar-refractivity contribution in [1.82, 2.24) is 4.98 Å². The molecule has 3 rings (SSSR count). The number of hydrogen-bond donors (Lipinski definition) is 3. The summed E-state index contributed by atoms with van der Waals surface area (Å²) in [7, 11) is 0. The van der Waals surface area contributed by atoms with Crippen molar-refractivity contribution in [3.8, 4) is 5.88 Å². The molecule has 2 aliphatic carbocycles. The van der Waals surface area contributed by atoms with E-state index in [2.05, 4.69) is 10.3 Å². The minimum Gasteiger partial charge on any atom is -0.476 e. The van der Waals surface area contributed by atoms with Gasteiger partial charge in [0.1, 0.15) is 5.82 Å². The van der Waals surface area contributed by atoms with Crippen molar-refractivity contribution < 1.29 is 9.84 Å². The van der Waals surface area contributed by atoms with Crippen LogP contribution >= 0.6 is 0 Å². The van der Waals surface area contributed by atoms with Crippen LogP contribution in [0.25, 0.3) is 0 Å². The lowest BCUT2D eigenvalue weighted by atomic mass is 9.82. The van der Waals surface area contributed by atoms with Crippen LogP contribution in [0.3, 0.4) is 0 Å². The Bertz CT molecular complexity index is 442. The van der Waals surface area contributed by atoms with Gasteiger partial charge in [-0.1, -0.05) is 0 Å². The van der Waals surface area contributed by atoms with E-state index in [-0.39, 0.29) is 6.10 Å². The number of rotatable bonds is 6. The number of aliphatic hydroxyl groups is 1. The van der Waals surface area contributed by atoms with Gasteiger partial charge in [0.05, 0.1) is 18.4 Å². The van der Waals surface area contributed by atoms with E-state index in [1.165, 1.54) is 12.8 Å². The molecule has 0 atom stereocenters. The summed E-state index contributed by atoms with van der Waals surface area (Å²) in [6, 6.07) is 3.70. The second kappa shape index (κ2) is 5.25. The number of hydrogen-bond acceptors (Lipinski definition) is 5. The largest absolute Gasteiger partial charge is 0.476 e. The molecule has 0 unspecified atom stereocenters. The molecule has 0 saturated heterocycles. The number of ether oxygens (including phenoxy) is 1. The standard InChI is InChI=1S/C14H21N3O2/c15-12-3-4-13(16-7-10-5-11(18)6-10)17-14(12)19-8-9-1-2-9/h3-4,9-11,18H,1-2,5-8,15H2,(H,16,17). The average molecular weight is 263 g/mol. The molecular weight excluding hydrogens is 242 g/mol. The quantitative estimate of drug-likeness (QED) is 0.727. The van der Waals surface area contributed by atoms with Crippen molar-refractivity contribution in [1.29, 1.82) is 0 Å². The highest BCUT2D eigenvalue weighted by Gasteiger charge is 2.26. The van der Waals surface area contributed by atoms with Crippen LogP contribution in [0.15, 0.2) is 12.1 Å². The van der Waals surface area contributed by atoms with Crippen LogP contribution in [0.2, 0.25) is 0 Å². The zero-order valence-corrected chi connectivity index (χ0v) is 11.0. The first-order chi connectivity index (χ1) is 9.20. The van der Waals surface area contributed by atoms with Crippen molar-refractivity contribution in [2.75, 3.05) is 24.2 Å². The highest BCUT2D eigenvalue weighted by molar-refractivity contribution is 5.53. The maximum atomic E-state index is 9.24. The van der Waals surface area contributed by atoms with Gasteiger partial charge in [-0.3, -0.25) is 0 Å². The molecule has 2 saturated carbocycles. The molecule has 2 aliphatic rings. The van der Waals surface area contributed by atoms with Crippen LogP contribution in [0.4, 0.5) is 11.5 Å². The molecule has 0 aliphatic heterocycles. The Hall–Kier alpha value is -1.49. The van der Waals surface area contributed by atoms with Gasteiger partial charge < -0.3 is 20.9 Å². The second-order valence-electron chi connectivity index (χ2n) is 5.72. The summed E-state index contributed by atoms with van der Waals surface area (Å²) in [5.74, 6) is 2.56. The predicted molar refractivity (Wildman–Crippen MR) is 74.1 cm³/mol. The fourth-order valence-electron chi connectivity index (χ4n) is 2.26. The number of aromatic nitrogens is 1. The van der Waals surface area contributed by atoms with Gasteiger partial charge in [0.15, 0.2) is 0 Å². The predicted octanol–water partition coefficient (Wildman–Crippen LogP) is 1.64. The molecule has 0 aromatic carbocycles. The first kappa shape index (κ1) is 12.5. The van der Waals surface area contributed by atoms with E-state index in [9.17, 15) is 5.11 Å². The Balaban J connectivity index is 1.53. The molecule has 19 heavy (non-hydrogen) atoms. The zero-order valence-electron chi connectivity index (χ0n) is 11.0. The molecule has 0 spiro atoms. The van der Waals surface area contributed by atoms with Crippen molar-refractivity contribution in [2.45, 2.75) is 31.8 Å². The van der Waals surface area contributed by atoms with Crippen LogP contribution < -0.4 is 15.8 Å². The molecule has 1 aromatic rings. The number of pyridine rings is 1. The van der Waals surface area contributed by atoms with Crippen molar-refractivity contribution in [2.24, 2.45) is 11.8 Å². The third-order valence-electron chi connectivity index (χ3n) is 3.83. The minimum absolute atomic E-state index is 0.108. The van der Waals surface area contributed by atoms with E-state index < -0.39 is 0 Å². The summed E-state index contributed by atoms with van der Waals surface area (Å²) in [5.41, 5.74) is 6.45. The Kier molecular flexibility index (Phi) is 3.46. The molecule has 0 bridgehead atoms. The van der Waals surface area contributed by atoms with E-state index in [4.69, 9.17) is 10.5 Å². The SMILES string of the molecule is Nc1ccc(NCC2CC(O)C2)nc1OCC1CC1. The van der Waals surface area contributed by atoms with E-state index in [1.807, 2.05) is 12.1 Å². The third kappa shape index (κ3) is 3.29. The molecule has 1 heterocycles. The lowest BCUT2D eigenvalue weighted by molar-refractivity contribution is 0.0486. The van der Waals surface area contributed by atoms with Gasteiger partial charge in [0, 0.05) is 6.54 Å². The van der Waals surface area contributed by atoms with Gasteiger partial charge in [-0.25, -0.2) is 0 Å². The van der Waals surface area contributed by atoms with Crippen LogP contribution in [0, 0.1) is 11.8 Å². The Morgan fingerprint density at radius 3 is 2.79 bits per heavy atom. The number of aliphatic hydroxyl groups excluding tert-OH is 1. The summed E-state index contributed by atoms with van der Waals surface area (Å²) in [5, 5.41) is 12.5. The van der Waals surface area contributed by atoms with Crippen LogP contribution in [-0.4, -0.2) is 29.3 Å². The smallest absolute Gasteiger partial charge is 0.239 e. The summed E-state index contributed by atoms with van der Waals surface area (Å²) < 4.78 is 5.65. The lowest BCUT2D eigenvalue weighted by Gasteiger charge is -2.31. The molecule has 5 heteroatoms. The van der Waals surface area contributed by atoms with Gasteiger partial charge in [-0.2, -0.15) is 4.98 Å². The van der Waals surface area contributed by atoms with Gasteiger partial charge in [-0.15, -0.1) is 0 Å². The molecule has 5 nitrogen and oxygen atoms in total. The second-order valence-corrected chi connectivity index (χ2v) is 5.72. The van der Waals surface area contributed by atoms with Gasteiger partial charge in [-0.05, 0) is 49.7 Å². The monoisotopic (exact) mass is 263 g/mol. The summed E-state index contributed by atoms with van der Waals surface area (Å²) in [6.07, 6.45) is 4.16. The summed E-state index contributed by atoms with van der Waals surface area (Å²) in [6.45, 7) is 1.56. The maximum absolute atomic E-state index is 9.24. The van der Waals surface area contributed by atoms with Gasteiger partial charge >= 0.3 is 0 Å². The van der Waals surface area contributed by atoms with Gasteiger partial charge in [0.2, 0.25) is 5.88 Å². The normalized spacial score (nSPS) is 25.7. The van der Waals surface area contributed by atoms with E-state index in [0.717, 1.165) is 31.8 Å². The molecule has 4 N–H and O–H groups in total. The number of anilines is 2. The van der Waals surface area contributed by atoms with Crippen LogP contribution in [0.5, 0.6) is 5.88 Å². The fraction of sp³-hybridized carbons (Fsp3) is 0.643. The Morgan fingerprint density at radius 2 is 2.11 bits per heavy atom. The third-order valence-corrected chi connectivity index (χ3v) is 3.83. The molecule has 0 radical (unpaired) electrons. The fourth-order valence-corrected chi connectivity index (χ4v) is 2.26. The molecular formula is C14H21N3O2. The molecule has 104 valence electrons. The Morgan fingerprint density at radius 1 is 1.32 bits per heavy atom. The highest BCUT2D eigenvalue weighted by atomic mass is 16.5. The minimum atomic E-state index is -0.108. The van der Waals surface area contributed by atoms with Crippen molar-refractivity contribution in [3.63, 3.8) is 0 Å². The van der Waals surface area contributed by atoms with Gasteiger partial charge in [0.25, 0.3) is 0 Å². The maximum Gasteiger partial charge on any atom is 0.239 e. The topological polar surface area (TPSA) is 80.4 Å². The first-order valence-corrected chi connectivity index (χ1v) is 7.02. The first-order valence-electron chi connectivity index (χ1n) is 7.02. The summed E-state index contributed by atoms with van der Waals surface area (Å²) >= 11 is 0. The number of nitrogens with one attached hydrogen (secondary N) is 1. The van der Waals surface area contributed by atoms with Crippen molar-refractivity contribution >= 4 is 11.5 Å². The van der Waals surface area contributed by atoms with E-state index >= 15 is 0 Å². The average Bonchev–Trinajstić information content (AvgIpc) is 3.17. The number of nitrogens with two attached hydrogens (primary N) is 1. The molecule has 2 fully saturated rings. The number of nitrogens with zero attached hydrogens (tertiary/aromatic N) is 1. The Labute approximate surface area is 113 Å².